The number of nitro groups is 1. The van der Waals surface area contributed by atoms with Gasteiger partial charge in [-0.15, -0.1) is 0 Å². The van der Waals surface area contributed by atoms with Crippen LogP contribution in [0.15, 0.2) is 42.5 Å². The van der Waals surface area contributed by atoms with Gasteiger partial charge in [0.15, 0.2) is 0 Å². The molecular weight excluding hydrogens is 518 g/mol. The molecule has 0 spiro atoms. The summed E-state index contributed by atoms with van der Waals surface area (Å²) in [5.74, 6) is 3.43. The number of likely N-dealkylation sites (tertiary alicyclic amines) is 1. The fourth-order valence-electron chi connectivity index (χ4n) is 9.56. The van der Waals surface area contributed by atoms with Gasteiger partial charge in [0.2, 0.25) is 11.8 Å². The summed E-state index contributed by atoms with van der Waals surface area (Å²) in [7, 11) is 0. The highest BCUT2D eigenvalue weighted by Crippen LogP contribution is 2.60. The van der Waals surface area contributed by atoms with E-state index in [9.17, 15) is 24.8 Å². The molecule has 6 aliphatic rings. The van der Waals surface area contributed by atoms with Crippen LogP contribution in [0, 0.1) is 45.6 Å². The molecule has 1 saturated heterocycles. The maximum absolute atomic E-state index is 14.8. The summed E-state index contributed by atoms with van der Waals surface area (Å²) >= 11 is 0. The van der Waals surface area contributed by atoms with E-state index in [-0.39, 0.29) is 36.4 Å². The molecule has 4 bridgehead atoms. The number of hydrogen-bond donors (Lipinski definition) is 1. The van der Waals surface area contributed by atoms with Crippen LogP contribution in [-0.4, -0.2) is 39.8 Å². The molecule has 2 aromatic rings. The van der Waals surface area contributed by atoms with Crippen LogP contribution in [0.3, 0.4) is 0 Å². The summed E-state index contributed by atoms with van der Waals surface area (Å²) < 4.78 is 0. The number of aliphatic hydroxyl groups excluding tert-OH is 1. The predicted octanol–water partition coefficient (Wildman–Crippen LogP) is 5.37. The molecule has 5 fully saturated rings. The summed E-state index contributed by atoms with van der Waals surface area (Å²) in [5.41, 5.74) is 1.88. The zero-order chi connectivity index (χ0) is 28.6. The molecule has 8 rings (SSSR count). The van der Waals surface area contributed by atoms with Crippen LogP contribution in [0.1, 0.15) is 75.1 Å². The van der Waals surface area contributed by atoms with Gasteiger partial charge in [0.1, 0.15) is 5.41 Å². The first-order valence-electron chi connectivity index (χ1n) is 15.3. The summed E-state index contributed by atoms with van der Waals surface area (Å²) in [6.07, 6.45) is 6.46. The number of anilines is 1. The van der Waals surface area contributed by atoms with Crippen LogP contribution in [0.2, 0.25) is 0 Å². The van der Waals surface area contributed by atoms with Crippen molar-refractivity contribution in [3.63, 3.8) is 0 Å². The largest absolute Gasteiger partial charge is 0.392 e. The second-order valence-electron chi connectivity index (χ2n) is 13.9. The Kier molecular flexibility index (Phi) is 6.27. The van der Waals surface area contributed by atoms with E-state index in [1.165, 1.54) is 44.2 Å². The van der Waals surface area contributed by atoms with E-state index in [2.05, 4.69) is 13.8 Å². The van der Waals surface area contributed by atoms with Gasteiger partial charge >= 0.3 is 0 Å². The fourth-order valence-corrected chi connectivity index (χ4v) is 9.56. The first-order chi connectivity index (χ1) is 19.7. The third kappa shape index (κ3) is 4.04. The zero-order valence-electron chi connectivity index (χ0n) is 23.9. The summed E-state index contributed by atoms with van der Waals surface area (Å²) in [5, 5.41) is 21.4. The number of benzene rings is 2. The number of fused-ring (bicyclic) bond motifs is 3. The predicted molar refractivity (Wildman–Crippen MR) is 154 cm³/mol. The number of amides is 2. The Labute approximate surface area is 240 Å². The van der Waals surface area contributed by atoms with Crippen molar-refractivity contribution >= 4 is 23.2 Å². The lowest BCUT2D eigenvalue weighted by atomic mass is 9.52. The van der Waals surface area contributed by atoms with Gasteiger partial charge < -0.3 is 14.9 Å². The Balaban J connectivity index is 1.37. The van der Waals surface area contributed by atoms with Gasteiger partial charge in [-0.2, -0.15) is 0 Å². The van der Waals surface area contributed by atoms with E-state index < -0.39 is 16.4 Å². The maximum Gasteiger partial charge on any atom is 0.269 e. The summed E-state index contributed by atoms with van der Waals surface area (Å²) in [6, 6.07) is 11.6. The molecular formula is C33H39N3O5. The van der Waals surface area contributed by atoms with Crippen molar-refractivity contribution in [3.8, 4) is 0 Å². The van der Waals surface area contributed by atoms with Gasteiger partial charge in [0.05, 0.1) is 17.6 Å². The minimum Gasteiger partial charge on any atom is -0.392 e. The average molecular weight is 558 g/mol. The maximum atomic E-state index is 14.8. The van der Waals surface area contributed by atoms with E-state index in [4.69, 9.17) is 0 Å². The molecule has 0 unspecified atom stereocenters. The van der Waals surface area contributed by atoms with Gasteiger partial charge in [0.25, 0.3) is 5.69 Å². The third-order valence-corrected chi connectivity index (χ3v) is 11.0. The second-order valence-corrected chi connectivity index (χ2v) is 13.9. The summed E-state index contributed by atoms with van der Waals surface area (Å²) in [4.78, 5) is 43.8. The Bertz CT molecular complexity index is 1380. The number of carbonyl (C=O) groups excluding carboxylic acids is 2. The van der Waals surface area contributed by atoms with Crippen LogP contribution >= 0.6 is 0 Å². The monoisotopic (exact) mass is 557 g/mol. The minimum absolute atomic E-state index is 0.0147. The van der Waals surface area contributed by atoms with Gasteiger partial charge in [-0.05, 0) is 90.4 Å². The molecule has 2 aliphatic heterocycles. The van der Waals surface area contributed by atoms with Crippen molar-refractivity contribution in [3.05, 3.63) is 69.3 Å². The molecule has 0 aromatic heterocycles. The van der Waals surface area contributed by atoms with E-state index in [0.29, 0.717) is 36.4 Å². The topological polar surface area (TPSA) is 104 Å². The molecule has 216 valence electrons. The SMILES string of the molecule is CC(C)CN1C(=O)[C@@]2(c3ccc([N+](=O)[O-])cc3)CC(=O)N(CC3C4CC5CC(C4)CC3C5)[C@@H]2c2ccc(CO)cc21. The van der Waals surface area contributed by atoms with Crippen LogP contribution in [0.4, 0.5) is 11.4 Å². The van der Waals surface area contributed by atoms with Crippen LogP contribution < -0.4 is 4.90 Å². The normalized spacial score (nSPS) is 33.5. The average Bonchev–Trinajstić information content (AvgIpc) is 3.25. The third-order valence-electron chi connectivity index (χ3n) is 11.0. The Hall–Kier alpha value is -3.26. The van der Waals surface area contributed by atoms with Gasteiger partial charge in [-0.25, -0.2) is 0 Å². The molecule has 2 atom stereocenters. The van der Waals surface area contributed by atoms with E-state index in [0.717, 1.165) is 28.7 Å². The molecule has 2 amide bonds. The Morgan fingerprint density at radius 2 is 1.66 bits per heavy atom. The molecule has 8 nitrogen and oxygen atoms in total. The molecule has 4 aliphatic carbocycles. The van der Waals surface area contributed by atoms with Gasteiger partial charge in [0, 0.05) is 37.3 Å². The lowest BCUT2D eigenvalue weighted by molar-refractivity contribution is -0.384. The van der Waals surface area contributed by atoms with Gasteiger partial charge in [-0.3, -0.25) is 19.7 Å². The van der Waals surface area contributed by atoms with Crippen molar-refractivity contribution in [2.24, 2.45) is 35.5 Å². The molecule has 2 heterocycles. The Morgan fingerprint density at radius 1 is 1.00 bits per heavy atom. The standard InChI is InChI=1S/C33H39N3O5/c1-19(2)16-34-29-14-20(18-37)3-8-27(29)31-33(32(34)39,25-4-6-26(7-5-25)36(40)41)15-30(38)35(31)17-28-23-10-21-9-22(12-23)13-24(28)11-21/h3-8,14,19,21-24,28,31,37H,9-13,15-18H2,1-2H3/t21?,22?,23?,24?,28?,31-,33-/m1/s1. The van der Waals surface area contributed by atoms with Crippen molar-refractivity contribution in [1.82, 2.24) is 4.90 Å². The van der Waals surface area contributed by atoms with Gasteiger partial charge in [-0.1, -0.05) is 38.1 Å². The quantitative estimate of drug-likeness (QED) is 0.364. The second kappa shape index (κ2) is 9.65. The number of carbonyl (C=O) groups is 2. The summed E-state index contributed by atoms with van der Waals surface area (Å²) in [6.45, 7) is 5.13. The van der Waals surface area contributed by atoms with E-state index in [1.807, 2.05) is 23.1 Å². The molecule has 0 radical (unpaired) electrons. The lowest BCUT2D eigenvalue weighted by Gasteiger charge is -2.56. The lowest BCUT2D eigenvalue weighted by Crippen LogP contribution is -2.56. The highest BCUT2D eigenvalue weighted by atomic mass is 16.6. The number of nitrogens with zero attached hydrogens (tertiary/aromatic N) is 3. The highest BCUT2D eigenvalue weighted by molar-refractivity contribution is 6.09. The molecule has 2 aromatic carbocycles. The number of non-ortho nitro benzene ring substituents is 1. The van der Waals surface area contributed by atoms with Crippen LogP contribution in [0.5, 0.6) is 0 Å². The van der Waals surface area contributed by atoms with Crippen molar-refractivity contribution < 1.29 is 19.6 Å². The number of aliphatic hydroxyl groups is 1. The highest BCUT2D eigenvalue weighted by Gasteiger charge is 2.63. The Morgan fingerprint density at radius 3 is 2.24 bits per heavy atom. The number of rotatable bonds is 7. The van der Waals surface area contributed by atoms with Crippen molar-refractivity contribution in [2.45, 2.75) is 70.4 Å². The minimum atomic E-state index is -1.17. The van der Waals surface area contributed by atoms with Crippen LogP contribution in [0.25, 0.3) is 0 Å². The molecule has 1 N–H and O–H groups in total. The fraction of sp³-hybridized carbons (Fsp3) is 0.576. The first kappa shape index (κ1) is 26.6. The smallest absolute Gasteiger partial charge is 0.269 e. The molecule has 41 heavy (non-hydrogen) atoms. The first-order valence-corrected chi connectivity index (χ1v) is 15.3. The van der Waals surface area contributed by atoms with E-state index >= 15 is 0 Å². The number of hydrogen-bond acceptors (Lipinski definition) is 5. The number of nitro benzene ring substituents is 1. The van der Waals surface area contributed by atoms with Crippen molar-refractivity contribution in [1.29, 1.82) is 0 Å². The zero-order valence-corrected chi connectivity index (χ0v) is 23.9. The molecule has 8 heteroatoms. The van der Waals surface area contributed by atoms with Crippen LogP contribution in [-0.2, 0) is 21.6 Å². The molecule has 4 saturated carbocycles. The van der Waals surface area contributed by atoms with Crippen molar-refractivity contribution in [2.75, 3.05) is 18.0 Å². The van der Waals surface area contributed by atoms with E-state index in [1.54, 1.807) is 17.0 Å².